The molecule has 0 amide bonds. The van der Waals surface area contributed by atoms with E-state index in [-0.39, 0.29) is 23.9 Å². The fraction of sp³-hybridized carbons (Fsp3) is 0.650. The summed E-state index contributed by atoms with van der Waals surface area (Å²) in [6.45, 7) is 2.63. The highest BCUT2D eigenvalue weighted by atomic mass is 16.6. The third-order valence-corrected chi connectivity index (χ3v) is 5.95. The molecule has 0 bridgehead atoms. The van der Waals surface area contributed by atoms with E-state index in [0.717, 1.165) is 11.5 Å². The molecule has 0 spiro atoms. The third kappa shape index (κ3) is 2.87. The Kier molecular flexibility index (Phi) is 4.15. The maximum absolute atomic E-state index is 12.1. The Morgan fingerprint density at radius 3 is 2.62 bits per heavy atom. The number of carbonyl (C=O) groups is 1. The molecule has 0 aromatic heterocycles. The van der Waals surface area contributed by atoms with Crippen LogP contribution < -0.4 is 9.47 Å². The second kappa shape index (κ2) is 6.30. The standard InChI is InChI=1S/C20H26O4/c1-12(20(21)22-2)19(14-6-7-14)15-8-9-16-17(10-15)24-18(11-23-16)13-4-3-5-13/h8-10,12-14,18-19H,3-7,11H2,1-2H3/t12-,18?,19-/m0/s1. The summed E-state index contributed by atoms with van der Waals surface area (Å²) in [7, 11) is 1.47. The molecule has 130 valence electrons. The van der Waals surface area contributed by atoms with Gasteiger partial charge in [0.15, 0.2) is 11.5 Å². The molecule has 3 atom stereocenters. The van der Waals surface area contributed by atoms with Gasteiger partial charge in [-0.3, -0.25) is 4.79 Å². The molecule has 1 aliphatic heterocycles. The minimum Gasteiger partial charge on any atom is -0.486 e. The van der Waals surface area contributed by atoms with Gasteiger partial charge in [-0.1, -0.05) is 19.4 Å². The number of hydrogen-bond acceptors (Lipinski definition) is 4. The van der Waals surface area contributed by atoms with Crippen LogP contribution in [0.25, 0.3) is 0 Å². The normalized spacial score (nSPS) is 25.5. The molecule has 0 saturated heterocycles. The van der Waals surface area contributed by atoms with Crippen LogP contribution in [0.3, 0.4) is 0 Å². The quantitative estimate of drug-likeness (QED) is 0.767. The van der Waals surface area contributed by atoms with Crippen LogP contribution in [0, 0.1) is 17.8 Å². The largest absolute Gasteiger partial charge is 0.486 e. The highest BCUT2D eigenvalue weighted by Gasteiger charge is 2.40. The molecule has 2 aliphatic carbocycles. The molecule has 2 fully saturated rings. The molecule has 4 rings (SSSR count). The maximum Gasteiger partial charge on any atom is 0.309 e. The number of rotatable bonds is 5. The smallest absolute Gasteiger partial charge is 0.309 e. The van der Waals surface area contributed by atoms with Crippen LogP contribution in [0.2, 0.25) is 0 Å². The Labute approximate surface area is 143 Å². The van der Waals surface area contributed by atoms with Crippen molar-refractivity contribution in [3.8, 4) is 11.5 Å². The number of ether oxygens (including phenoxy) is 3. The Bertz CT molecular complexity index is 618. The summed E-state index contributed by atoms with van der Waals surface area (Å²) >= 11 is 0. The van der Waals surface area contributed by atoms with Crippen LogP contribution in [0.15, 0.2) is 18.2 Å². The first kappa shape index (κ1) is 15.8. The number of methoxy groups -OCH3 is 1. The average Bonchev–Trinajstić information content (AvgIpc) is 3.37. The van der Waals surface area contributed by atoms with Gasteiger partial charge >= 0.3 is 5.97 Å². The van der Waals surface area contributed by atoms with E-state index in [9.17, 15) is 4.79 Å². The molecular formula is C20H26O4. The molecule has 4 heteroatoms. The van der Waals surface area contributed by atoms with Gasteiger partial charge in [0.1, 0.15) is 12.7 Å². The minimum atomic E-state index is -0.132. The summed E-state index contributed by atoms with van der Waals surface area (Å²) in [6.07, 6.45) is 6.34. The lowest BCUT2D eigenvalue weighted by atomic mass is 9.81. The fourth-order valence-corrected chi connectivity index (χ4v) is 4.11. The lowest BCUT2D eigenvalue weighted by Gasteiger charge is -2.37. The van der Waals surface area contributed by atoms with Crippen molar-refractivity contribution >= 4 is 5.97 Å². The van der Waals surface area contributed by atoms with Crippen molar-refractivity contribution in [3.63, 3.8) is 0 Å². The summed E-state index contributed by atoms with van der Waals surface area (Å²) in [5.74, 6) is 2.82. The Hall–Kier alpha value is -1.71. The van der Waals surface area contributed by atoms with Crippen molar-refractivity contribution < 1.29 is 19.0 Å². The second-order valence-electron chi connectivity index (χ2n) is 7.54. The topological polar surface area (TPSA) is 44.8 Å². The lowest BCUT2D eigenvalue weighted by molar-refractivity contribution is -0.145. The molecule has 0 N–H and O–H groups in total. The van der Waals surface area contributed by atoms with Gasteiger partial charge in [-0.05, 0) is 61.1 Å². The summed E-state index contributed by atoms with van der Waals surface area (Å²) in [4.78, 5) is 12.1. The lowest BCUT2D eigenvalue weighted by Crippen LogP contribution is -2.39. The van der Waals surface area contributed by atoms with E-state index in [1.54, 1.807) is 0 Å². The Morgan fingerprint density at radius 1 is 1.21 bits per heavy atom. The summed E-state index contributed by atoms with van der Waals surface area (Å²) in [5, 5.41) is 0. The Morgan fingerprint density at radius 2 is 2.00 bits per heavy atom. The predicted octanol–water partition coefficient (Wildman–Crippen LogP) is 3.93. The SMILES string of the molecule is COC(=O)[C@@H](C)[C@H](c1ccc2c(c1)OC(C1CCC1)CO2)C1CC1. The van der Waals surface area contributed by atoms with Crippen molar-refractivity contribution in [2.24, 2.45) is 17.8 Å². The molecule has 0 radical (unpaired) electrons. The van der Waals surface area contributed by atoms with Crippen molar-refractivity contribution in [2.45, 2.75) is 51.0 Å². The number of esters is 1. The van der Waals surface area contributed by atoms with Crippen molar-refractivity contribution in [1.82, 2.24) is 0 Å². The van der Waals surface area contributed by atoms with E-state index in [1.165, 1.54) is 44.8 Å². The van der Waals surface area contributed by atoms with E-state index in [4.69, 9.17) is 14.2 Å². The van der Waals surface area contributed by atoms with E-state index in [1.807, 2.05) is 13.0 Å². The molecular weight excluding hydrogens is 304 g/mol. The molecule has 1 aromatic rings. The summed E-state index contributed by atoms with van der Waals surface area (Å²) < 4.78 is 17.1. The van der Waals surface area contributed by atoms with Gasteiger partial charge in [0, 0.05) is 0 Å². The van der Waals surface area contributed by atoms with E-state index >= 15 is 0 Å². The van der Waals surface area contributed by atoms with E-state index < -0.39 is 0 Å². The highest BCUT2D eigenvalue weighted by molar-refractivity contribution is 5.73. The van der Waals surface area contributed by atoms with Crippen LogP contribution in [-0.2, 0) is 9.53 Å². The monoisotopic (exact) mass is 330 g/mol. The molecule has 1 aromatic carbocycles. The minimum absolute atomic E-state index is 0.130. The van der Waals surface area contributed by atoms with E-state index in [2.05, 4.69) is 12.1 Å². The molecule has 2 saturated carbocycles. The van der Waals surface area contributed by atoms with Gasteiger partial charge < -0.3 is 14.2 Å². The van der Waals surface area contributed by atoms with Gasteiger partial charge in [-0.15, -0.1) is 0 Å². The molecule has 24 heavy (non-hydrogen) atoms. The van der Waals surface area contributed by atoms with Gasteiger partial charge in [0.05, 0.1) is 13.0 Å². The third-order valence-electron chi connectivity index (χ3n) is 5.95. The zero-order valence-corrected chi connectivity index (χ0v) is 14.5. The zero-order valence-electron chi connectivity index (χ0n) is 14.5. The second-order valence-corrected chi connectivity index (χ2v) is 7.54. The van der Waals surface area contributed by atoms with E-state index in [0.29, 0.717) is 18.4 Å². The first-order valence-corrected chi connectivity index (χ1v) is 9.18. The number of carbonyl (C=O) groups excluding carboxylic acids is 1. The average molecular weight is 330 g/mol. The Balaban J connectivity index is 1.58. The van der Waals surface area contributed by atoms with Crippen LogP contribution in [0.5, 0.6) is 11.5 Å². The summed E-state index contributed by atoms with van der Waals surface area (Å²) in [6, 6.07) is 6.19. The first-order valence-electron chi connectivity index (χ1n) is 9.18. The highest BCUT2D eigenvalue weighted by Crippen LogP contribution is 2.49. The molecule has 1 unspecified atom stereocenters. The molecule has 3 aliphatic rings. The van der Waals surface area contributed by atoms with Crippen LogP contribution in [0.1, 0.15) is 50.5 Å². The van der Waals surface area contributed by atoms with Crippen LogP contribution in [0.4, 0.5) is 0 Å². The molecule has 4 nitrogen and oxygen atoms in total. The first-order chi connectivity index (χ1) is 11.7. The van der Waals surface area contributed by atoms with Crippen LogP contribution in [-0.4, -0.2) is 25.8 Å². The van der Waals surface area contributed by atoms with Gasteiger partial charge in [0.25, 0.3) is 0 Å². The number of hydrogen-bond donors (Lipinski definition) is 0. The summed E-state index contributed by atoms with van der Waals surface area (Å²) in [5.41, 5.74) is 1.17. The maximum atomic E-state index is 12.1. The van der Waals surface area contributed by atoms with Gasteiger partial charge in [-0.2, -0.15) is 0 Å². The van der Waals surface area contributed by atoms with Gasteiger partial charge in [0.2, 0.25) is 0 Å². The number of fused-ring (bicyclic) bond motifs is 1. The fourth-order valence-electron chi connectivity index (χ4n) is 4.11. The zero-order chi connectivity index (χ0) is 16.7. The predicted molar refractivity (Wildman–Crippen MR) is 90.3 cm³/mol. The van der Waals surface area contributed by atoms with Crippen molar-refractivity contribution in [2.75, 3.05) is 13.7 Å². The van der Waals surface area contributed by atoms with Crippen molar-refractivity contribution in [3.05, 3.63) is 23.8 Å². The van der Waals surface area contributed by atoms with Crippen molar-refractivity contribution in [1.29, 1.82) is 0 Å². The van der Waals surface area contributed by atoms with Gasteiger partial charge in [-0.25, -0.2) is 0 Å². The number of benzene rings is 1. The molecule has 1 heterocycles. The van der Waals surface area contributed by atoms with Crippen LogP contribution >= 0.6 is 0 Å².